The van der Waals surface area contributed by atoms with Crippen molar-refractivity contribution in [2.45, 2.75) is 6.92 Å². The van der Waals surface area contributed by atoms with E-state index in [-0.39, 0.29) is 0 Å². The van der Waals surface area contributed by atoms with Crippen molar-refractivity contribution in [1.82, 2.24) is 0 Å². The van der Waals surface area contributed by atoms with Crippen molar-refractivity contribution in [3.8, 4) is 11.5 Å². The van der Waals surface area contributed by atoms with E-state index in [2.05, 4.69) is 6.58 Å². The van der Waals surface area contributed by atoms with Gasteiger partial charge in [-0.25, -0.2) is 0 Å². The van der Waals surface area contributed by atoms with Crippen LogP contribution in [0.3, 0.4) is 0 Å². The maximum atomic E-state index is 5.40. The van der Waals surface area contributed by atoms with Crippen LogP contribution < -0.4 is 9.47 Å². The van der Waals surface area contributed by atoms with Crippen LogP contribution in [0.1, 0.15) is 12.5 Å². The monoisotopic (exact) mass is 178 g/mol. The Labute approximate surface area is 78.8 Å². The molecule has 1 aromatic rings. The van der Waals surface area contributed by atoms with Crippen LogP contribution in [0.25, 0.3) is 6.08 Å². The molecule has 0 aliphatic carbocycles. The lowest BCUT2D eigenvalue weighted by molar-refractivity contribution is 0.338. The molecular weight excluding hydrogens is 164 g/mol. The lowest BCUT2D eigenvalue weighted by Crippen LogP contribution is -1.94. The van der Waals surface area contributed by atoms with Gasteiger partial charge >= 0.3 is 0 Å². The smallest absolute Gasteiger partial charge is 0.126 e. The van der Waals surface area contributed by atoms with Crippen molar-refractivity contribution in [2.24, 2.45) is 0 Å². The van der Waals surface area contributed by atoms with Crippen LogP contribution in [0.2, 0.25) is 0 Å². The molecule has 70 valence electrons. The first-order chi connectivity index (χ1) is 6.31. The number of hydrogen-bond acceptors (Lipinski definition) is 2. The van der Waals surface area contributed by atoms with Crippen LogP contribution in [-0.2, 0) is 0 Å². The normalized spacial score (nSPS) is 9.38. The Hall–Kier alpha value is -1.44. The van der Waals surface area contributed by atoms with Gasteiger partial charge in [-0.3, -0.25) is 0 Å². The first-order valence-corrected chi connectivity index (χ1v) is 4.25. The summed E-state index contributed by atoms with van der Waals surface area (Å²) in [6, 6.07) is 5.66. The fourth-order valence-electron chi connectivity index (χ4n) is 1.10. The molecule has 0 radical (unpaired) electrons. The molecule has 2 heteroatoms. The van der Waals surface area contributed by atoms with Crippen molar-refractivity contribution >= 4 is 6.08 Å². The summed E-state index contributed by atoms with van der Waals surface area (Å²) in [4.78, 5) is 0. The van der Waals surface area contributed by atoms with E-state index in [1.165, 1.54) is 0 Å². The minimum Gasteiger partial charge on any atom is -0.497 e. The topological polar surface area (TPSA) is 18.5 Å². The van der Waals surface area contributed by atoms with Crippen molar-refractivity contribution < 1.29 is 9.47 Å². The second kappa shape index (κ2) is 4.55. The zero-order chi connectivity index (χ0) is 9.68. The summed E-state index contributed by atoms with van der Waals surface area (Å²) in [5.41, 5.74) is 0.959. The molecule has 0 saturated carbocycles. The highest BCUT2D eigenvalue weighted by molar-refractivity contribution is 5.58. The molecule has 0 aliphatic rings. The third-order valence-corrected chi connectivity index (χ3v) is 1.74. The van der Waals surface area contributed by atoms with Crippen LogP contribution in [0, 0.1) is 0 Å². The molecule has 0 aliphatic heterocycles. The Morgan fingerprint density at radius 1 is 1.46 bits per heavy atom. The maximum Gasteiger partial charge on any atom is 0.126 e. The predicted molar refractivity (Wildman–Crippen MR) is 54.3 cm³/mol. The lowest BCUT2D eigenvalue weighted by Gasteiger charge is -2.08. The summed E-state index contributed by atoms with van der Waals surface area (Å²) < 4.78 is 10.5. The Bertz CT molecular complexity index is 292. The molecule has 2 nitrogen and oxygen atoms in total. The molecule has 0 unspecified atom stereocenters. The molecule has 0 N–H and O–H groups in total. The van der Waals surface area contributed by atoms with Gasteiger partial charge in [-0.15, -0.1) is 0 Å². The minimum atomic E-state index is 0.660. The molecular formula is C11H14O2. The van der Waals surface area contributed by atoms with E-state index in [0.717, 1.165) is 17.1 Å². The third-order valence-electron chi connectivity index (χ3n) is 1.74. The van der Waals surface area contributed by atoms with Crippen LogP contribution in [0.4, 0.5) is 0 Å². The Kier molecular flexibility index (Phi) is 3.38. The van der Waals surface area contributed by atoms with Gasteiger partial charge in [0.1, 0.15) is 11.5 Å². The summed E-state index contributed by atoms with van der Waals surface area (Å²) in [7, 11) is 1.64. The molecule has 0 bridgehead atoms. The molecule has 0 fully saturated rings. The van der Waals surface area contributed by atoms with Crippen molar-refractivity contribution in [1.29, 1.82) is 0 Å². The van der Waals surface area contributed by atoms with E-state index in [1.54, 1.807) is 13.2 Å². The number of rotatable bonds is 4. The highest BCUT2D eigenvalue weighted by atomic mass is 16.5. The molecule has 0 amide bonds. The summed E-state index contributed by atoms with van der Waals surface area (Å²) in [6.07, 6.45) is 1.76. The largest absolute Gasteiger partial charge is 0.497 e. The summed E-state index contributed by atoms with van der Waals surface area (Å²) in [5, 5.41) is 0. The van der Waals surface area contributed by atoms with Gasteiger partial charge in [0.2, 0.25) is 0 Å². The number of hydrogen-bond donors (Lipinski definition) is 0. The van der Waals surface area contributed by atoms with E-state index in [0.29, 0.717) is 6.61 Å². The van der Waals surface area contributed by atoms with Gasteiger partial charge in [0.25, 0.3) is 0 Å². The van der Waals surface area contributed by atoms with Crippen LogP contribution in [0.15, 0.2) is 24.8 Å². The molecule has 1 rings (SSSR count). The fraction of sp³-hybridized carbons (Fsp3) is 0.273. The zero-order valence-electron chi connectivity index (χ0n) is 8.04. The van der Waals surface area contributed by atoms with Gasteiger partial charge < -0.3 is 9.47 Å². The first kappa shape index (κ1) is 9.65. The quantitative estimate of drug-likeness (QED) is 0.705. The van der Waals surface area contributed by atoms with E-state index in [1.807, 2.05) is 25.1 Å². The molecule has 0 saturated heterocycles. The summed E-state index contributed by atoms with van der Waals surface area (Å²) >= 11 is 0. The van der Waals surface area contributed by atoms with E-state index in [4.69, 9.17) is 9.47 Å². The van der Waals surface area contributed by atoms with Crippen LogP contribution in [-0.4, -0.2) is 13.7 Å². The molecule has 13 heavy (non-hydrogen) atoms. The van der Waals surface area contributed by atoms with Crippen molar-refractivity contribution in [3.63, 3.8) is 0 Å². The Morgan fingerprint density at radius 3 is 2.77 bits per heavy atom. The SMILES string of the molecule is C=Cc1cc(OC)ccc1OCC. The van der Waals surface area contributed by atoms with Gasteiger partial charge in [-0.1, -0.05) is 12.7 Å². The van der Waals surface area contributed by atoms with Gasteiger partial charge in [0.15, 0.2) is 0 Å². The number of ether oxygens (including phenoxy) is 2. The van der Waals surface area contributed by atoms with E-state index < -0.39 is 0 Å². The van der Waals surface area contributed by atoms with Crippen molar-refractivity contribution in [2.75, 3.05) is 13.7 Å². The average Bonchev–Trinajstić information content (AvgIpc) is 2.19. The van der Waals surface area contributed by atoms with Gasteiger partial charge in [-0.05, 0) is 25.1 Å². The molecule has 0 atom stereocenters. The van der Waals surface area contributed by atoms with Crippen molar-refractivity contribution in [3.05, 3.63) is 30.3 Å². The third kappa shape index (κ3) is 2.25. The summed E-state index contributed by atoms with van der Waals surface area (Å²) in [5.74, 6) is 1.66. The Morgan fingerprint density at radius 2 is 2.23 bits per heavy atom. The zero-order valence-corrected chi connectivity index (χ0v) is 8.04. The van der Waals surface area contributed by atoms with Crippen LogP contribution >= 0.6 is 0 Å². The average molecular weight is 178 g/mol. The van der Waals surface area contributed by atoms with Gasteiger partial charge in [0, 0.05) is 5.56 Å². The molecule has 0 aromatic heterocycles. The Balaban J connectivity index is 3.00. The number of benzene rings is 1. The molecule has 0 spiro atoms. The van der Waals surface area contributed by atoms with E-state index >= 15 is 0 Å². The second-order valence-corrected chi connectivity index (χ2v) is 2.54. The van der Waals surface area contributed by atoms with Crippen LogP contribution in [0.5, 0.6) is 11.5 Å². The molecule has 0 heterocycles. The van der Waals surface area contributed by atoms with E-state index in [9.17, 15) is 0 Å². The number of methoxy groups -OCH3 is 1. The summed E-state index contributed by atoms with van der Waals surface area (Å²) in [6.45, 7) is 6.33. The molecule has 1 aromatic carbocycles. The predicted octanol–water partition coefficient (Wildman–Crippen LogP) is 2.74. The van der Waals surface area contributed by atoms with Gasteiger partial charge in [-0.2, -0.15) is 0 Å². The second-order valence-electron chi connectivity index (χ2n) is 2.54. The minimum absolute atomic E-state index is 0.660. The fourth-order valence-corrected chi connectivity index (χ4v) is 1.10. The highest BCUT2D eigenvalue weighted by Crippen LogP contribution is 2.24. The first-order valence-electron chi connectivity index (χ1n) is 4.25. The maximum absolute atomic E-state index is 5.40. The van der Waals surface area contributed by atoms with Gasteiger partial charge in [0.05, 0.1) is 13.7 Å². The lowest BCUT2D eigenvalue weighted by atomic mass is 10.2. The standard InChI is InChI=1S/C11H14O2/c1-4-9-8-10(12-3)6-7-11(9)13-5-2/h4,6-8H,1,5H2,2-3H3. The highest BCUT2D eigenvalue weighted by Gasteiger charge is 2.01.